The van der Waals surface area contributed by atoms with Gasteiger partial charge in [0.15, 0.2) is 0 Å². The van der Waals surface area contributed by atoms with Gasteiger partial charge in [-0.3, -0.25) is 0 Å². The quantitative estimate of drug-likeness (QED) is 0.615. The van der Waals surface area contributed by atoms with Gasteiger partial charge in [-0.05, 0) is 85.6 Å². The third-order valence-electron chi connectivity index (χ3n) is 5.56. The number of hydrogen-bond acceptors (Lipinski definition) is 0. The summed E-state index contributed by atoms with van der Waals surface area (Å²) in [5, 5.41) is 2.79. The largest absolute Gasteiger partial charge is 0.206 e. The standard InChI is InChI=1S/C24H18BrF/c25-23-14-18(9-12-24(23)26)17-6-5-16-8-10-20-19-4-2-1-3-15(19)7-11-21(20)22(16)13-17/h3-9,11-14,17H,1-2,10H2. The van der Waals surface area contributed by atoms with E-state index in [1.807, 2.05) is 12.1 Å². The summed E-state index contributed by atoms with van der Waals surface area (Å²) in [6, 6.07) is 9.83. The van der Waals surface area contributed by atoms with Gasteiger partial charge >= 0.3 is 0 Å². The van der Waals surface area contributed by atoms with E-state index in [4.69, 9.17) is 0 Å². The van der Waals surface area contributed by atoms with Crippen molar-refractivity contribution in [3.63, 3.8) is 0 Å². The second kappa shape index (κ2) is 6.21. The molecule has 1 atom stereocenters. The van der Waals surface area contributed by atoms with Crippen LogP contribution >= 0.6 is 15.9 Å². The van der Waals surface area contributed by atoms with Gasteiger partial charge in [0, 0.05) is 5.92 Å². The van der Waals surface area contributed by atoms with Gasteiger partial charge in [-0.1, -0.05) is 54.7 Å². The summed E-state index contributed by atoms with van der Waals surface area (Å²) in [7, 11) is 0. The van der Waals surface area contributed by atoms with Gasteiger partial charge in [-0.15, -0.1) is 0 Å². The van der Waals surface area contributed by atoms with Crippen molar-refractivity contribution in [1.82, 2.24) is 0 Å². The first-order chi connectivity index (χ1) is 12.7. The van der Waals surface area contributed by atoms with Crippen molar-refractivity contribution in [2.75, 3.05) is 0 Å². The molecule has 5 rings (SSSR count). The first-order valence-corrected chi connectivity index (χ1v) is 9.88. The maximum Gasteiger partial charge on any atom is 0.137 e. The molecular formula is C24H18BrF. The molecule has 2 heteroatoms. The monoisotopic (exact) mass is 404 g/mol. The van der Waals surface area contributed by atoms with Crippen LogP contribution in [-0.2, 0) is 6.42 Å². The minimum absolute atomic E-state index is 0.163. The van der Waals surface area contributed by atoms with Crippen molar-refractivity contribution in [1.29, 1.82) is 0 Å². The van der Waals surface area contributed by atoms with E-state index in [9.17, 15) is 4.39 Å². The second-order valence-corrected chi connectivity index (χ2v) is 7.94. The van der Waals surface area contributed by atoms with Crippen LogP contribution in [0.1, 0.15) is 35.4 Å². The van der Waals surface area contributed by atoms with Gasteiger partial charge in [0.25, 0.3) is 0 Å². The highest BCUT2D eigenvalue weighted by atomic mass is 79.9. The van der Waals surface area contributed by atoms with Crippen molar-refractivity contribution in [3.05, 3.63) is 97.6 Å². The Kier molecular flexibility index (Phi) is 3.82. The lowest BCUT2D eigenvalue weighted by atomic mass is 9.79. The lowest BCUT2D eigenvalue weighted by molar-refractivity contribution is 0.620. The van der Waals surface area contributed by atoms with E-state index >= 15 is 0 Å². The summed E-state index contributed by atoms with van der Waals surface area (Å²) in [5.74, 6) is -0.0558. The van der Waals surface area contributed by atoms with Crippen LogP contribution in [0.15, 0.2) is 64.7 Å². The Hall–Kier alpha value is -2.19. The number of halogens is 2. The fourth-order valence-corrected chi connectivity index (χ4v) is 4.63. The first kappa shape index (κ1) is 16.0. The van der Waals surface area contributed by atoms with Gasteiger partial charge < -0.3 is 0 Å². The topological polar surface area (TPSA) is 0 Å². The average molecular weight is 405 g/mol. The van der Waals surface area contributed by atoms with Crippen LogP contribution < -0.4 is 10.4 Å². The van der Waals surface area contributed by atoms with Crippen LogP contribution in [-0.4, -0.2) is 0 Å². The minimum Gasteiger partial charge on any atom is -0.206 e. The van der Waals surface area contributed by atoms with Crippen LogP contribution in [0.25, 0.3) is 17.7 Å². The van der Waals surface area contributed by atoms with Gasteiger partial charge in [-0.25, -0.2) is 4.39 Å². The summed E-state index contributed by atoms with van der Waals surface area (Å²) in [6.07, 6.45) is 17.1. The van der Waals surface area contributed by atoms with Gasteiger partial charge in [-0.2, -0.15) is 0 Å². The van der Waals surface area contributed by atoms with Crippen LogP contribution in [0.5, 0.6) is 0 Å². The Bertz CT molecular complexity index is 1130. The molecule has 0 heterocycles. The van der Waals surface area contributed by atoms with Crippen molar-refractivity contribution < 1.29 is 4.39 Å². The highest BCUT2D eigenvalue weighted by molar-refractivity contribution is 9.10. The van der Waals surface area contributed by atoms with E-state index in [2.05, 4.69) is 64.5 Å². The molecule has 2 aromatic rings. The summed E-state index contributed by atoms with van der Waals surface area (Å²) in [6.45, 7) is 0. The van der Waals surface area contributed by atoms with Crippen LogP contribution in [0.4, 0.5) is 4.39 Å². The zero-order valence-electron chi connectivity index (χ0n) is 14.3. The second-order valence-electron chi connectivity index (χ2n) is 7.08. The zero-order chi connectivity index (χ0) is 17.7. The van der Waals surface area contributed by atoms with Crippen molar-refractivity contribution in [3.8, 4) is 0 Å². The Morgan fingerprint density at radius 3 is 2.77 bits per heavy atom. The summed E-state index contributed by atoms with van der Waals surface area (Å²) < 4.78 is 14.1. The predicted molar refractivity (Wildman–Crippen MR) is 110 cm³/mol. The lowest BCUT2D eigenvalue weighted by Crippen LogP contribution is -2.32. The van der Waals surface area contributed by atoms with Crippen molar-refractivity contribution in [2.24, 2.45) is 0 Å². The summed E-state index contributed by atoms with van der Waals surface area (Å²) in [5.41, 5.74) is 6.51. The fourth-order valence-electron chi connectivity index (χ4n) is 4.23. The molecule has 3 aliphatic rings. The van der Waals surface area contributed by atoms with Crippen molar-refractivity contribution in [2.45, 2.75) is 25.2 Å². The molecule has 0 amide bonds. The number of hydrogen-bond donors (Lipinski definition) is 0. The molecular weight excluding hydrogens is 387 g/mol. The molecule has 2 aromatic carbocycles. The Morgan fingerprint density at radius 1 is 1.00 bits per heavy atom. The molecule has 1 unspecified atom stereocenters. The molecule has 128 valence electrons. The normalized spacial score (nSPS) is 20.0. The molecule has 0 aromatic heterocycles. The number of benzene rings is 2. The van der Waals surface area contributed by atoms with Gasteiger partial charge in [0.05, 0.1) is 4.47 Å². The minimum atomic E-state index is -0.219. The highest BCUT2D eigenvalue weighted by Crippen LogP contribution is 2.38. The average Bonchev–Trinajstić information content (AvgIpc) is 2.69. The third-order valence-corrected chi connectivity index (χ3v) is 6.16. The Morgan fingerprint density at radius 2 is 1.88 bits per heavy atom. The molecule has 0 saturated heterocycles. The van der Waals surface area contributed by atoms with Gasteiger partial charge in [0.1, 0.15) is 5.82 Å². The van der Waals surface area contributed by atoms with E-state index in [1.54, 1.807) is 0 Å². The molecule has 26 heavy (non-hydrogen) atoms. The van der Waals surface area contributed by atoms with E-state index in [0.717, 1.165) is 24.8 Å². The SMILES string of the molecule is Fc1ccc(C2C=CC3=CCc4c(ccc5c4=CCCC=5)C3=C2)cc1Br. The van der Waals surface area contributed by atoms with E-state index in [-0.39, 0.29) is 11.7 Å². The first-order valence-electron chi connectivity index (χ1n) is 9.09. The molecule has 0 saturated carbocycles. The van der Waals surface area contributed by atoms with Crippen LogP contribution in [0, 0.1) is 5.82 Å². The highest BCUT2D eigenvalue weighted by Gasteiger charge is 2.22. The predicted octanol–water partition coefficient (Wildman–Crippen LogP) is 5.16. The molecule has 0 aliphatic heterocycles. The third kappa shape index (κ3) is 2.55. The molecule has 0 fully saturated rings. The maximum absolute atomic E-state index is 13.6. The zero-order valence-corrected chi connectivity index (χ0v) is 15.9. The molecule has 0 bridgehead atoms. The summed E-state index contributed by atoms with van der Waals surface area (Å²) in [4.78, 5) is 0. The summed E-state index contributed by atoms with van der Waals surface area (Å²) >= 11 is 3.31. The Balaban J connectivity index is 1.65. The molecule has 0 spiro atoms. The maximum atomic E-state index is 13.6. The van der Waals surface area contributed by atoms with Gasteiger partial charge in [0.2, 0.25) is 0 Å². The lowest BCUT2D eigenvalue weighted by Gasteiger charge is -2.25. The van der Waals surface area contributed by atoms with E-state index in [0.29, 0.717) is 4.47 Å². The van der Waals surface area contributed by atoms with E-state index in [1.165, 1.54) is 38.8 Å². The molecule has 0 N–H and O–H groups in total. The number of allylic oxidation sites excluding steroid dienone is 6. The number of fused-ring (bicyclic) bond motifs is 5. The molecule has 0 radical (unpaired) electrons. The fraction of sp³-hybridized carbons (Fsp3) is 0.167. The smallest absolute Gasteiger partial charge is 0.137 e. The van der Waals surface area contributed by atoms with Crippen LogP contribution in [0.2, 0.25) is 0 Å². The molecule has 3 aliphatic carbocycles. The Labute approximate surface area is 160 Å². The van der Waals surface area contributed by atoms with E-state index < -0.39 is 0 Å². The molecule has 0 nitrogen and oxygen atoms in total. The van der Waals surface area contributed by atoms with Crippen LogP contribution in [0.3, 0.4) is 0 Å². The van der Waals surface area contributed by atoms with Crippen molar-refractivity contribution >= 4 is 33.7 Å². The number of rotatable bonds is 1.